The Bertz CT molecular complexity index is 436. The van der Waals surface area contributed by atoms with Crippen molar-refractivity contribution >= 4 is 17.8 Å². The first kappa shape index (κ1) is 11.8. The van der Waals surface area contributed by atoms with Crippen LogP contribution in [-0.2, 0) is 9.53 Å². The predicted octanol–water partition coefficient (Wildman–Crippen LogP) is 1.21. The normalized spacial score (nSPS) is 15.7. The number of hydrogen-bond acceptors (Lipinski definition) is 4. The molecule has 4 nitrogen and oxygen atoms in total. The van der Waals surface area contributed by atoms with Crippen LogP contribution in [0.5, 0.6) is 0 Å². The van der Waals surface area contributed by atoms with E-state index in [4.69, 9.17) is 4.74 Å². The number of nitrogens with zero attached hydrogens (tertiary/aromatic N) is 1. The summed E-state index contributed by atoms with van der Waals surface area (Å²) in [6.07, 6.45) is 0.374. The van der Waals surface area contributed by atoms with E-state index in [1.165, 1.54) is 0 Å². The molecule has 0 atom stereocenters. The Labute approximate surface area is 100 Å². The van der Waals surface area contributed by atoms with Gasteiger partial charge in [0, 0.05) is 24.3 Å². The van der Waals surface area contributed by atoms with Crippen LogP contribution >= 0.6 is 0 Å². The second-order valence-electron chi connectivity index (χ2n) is 4.10. The molecule has 1 heterocycles. The smallest absolute Gasteiger partial charge is 0.227 e. The highest BCUT2D eigenvalue weighted by Gasteiger charge is 2.18. The highest BCUT2D eigenvalue weighted by atomic mass is 16.5. The van der Waals surface area contributed by atoms with Gasteiger partial charge in [-0.3, -0.25) is 9.59 Å². The number of hydrogen-bond donors (Lipinski definition) is 0. The number of morpholine rings is 1. The van der Waals surface area contributed by atoms with Crippen molar-refractivity contribution in [1.82, 2.24) is 0 Å². The summed E-state index contributed by atoms with van der Waals surface area (Å²) in [6.45, 7) is 4.72. The Hall–Kier alpha value is -1.68. The van der Waals surface area contributed by atoms with E-state index >= 15 is 0 Å². The first-order chi connectivity index (χ1) is 8.22. The third-order valence-electron chi connectivity index (χ3n) is 2.88. The van der Waals surface area contributed by atoms with E-state index in [1.54, 1.807) is 6.07 Å². The van der Waals surface area contributed by atoms with Gasteiger partial charge in [-0.25, -0.2) is 0 Å². The molecule has 0 radical (unpaired) electrons. The molecule has 0 aliphatic carbocycles. The van der Waals surface area contributed by atoms with Crippen molar-refractivity contribution in [2.75, 3.05) is 31.2 Å². The van der Waals surface area contributed by atoms with Crippen molar-refractivity contribution in [2.24, 2.45) is 0 Å². The molecule has 90 valence electrons. The van der Waals surface area contributed by atoms with Gasteiger partial charge in [-0.1, -0.05) is 11.6 Å². The van der Waals surface area contributed by atoms with E-state index in [0.29, 0.717) is 25.1 Å². The number of Topliss-reactive ketones (excluding diaryl/α,β-unsaturated/α-hetero) is 1. The first-order valence-corrected chi connectivity index (χ1v) is 5.65. The molecule has 0 unspecified atom stereocenters. The van der Waals surface area contributed by atoms with E-state index in [2.05, 4.69) is 4.90 Å². The molecule has 1 saturated heterocycles. The standard InChI is InChI=1S/C13H15NO3/c1-10-2-3-12(11(8-10)13(16)9-15)14-4-6-17-7-5-14/h2-3,8-9H,4-7H2,1H3. The molecular weight excluding hydrogens is 218 g/mol. The number of aldehydes is 1. The number of rotatable bonds is 3. The van der Waals surface area contributed by atoms with Crippen molar-refractivity contribution in [3.8, 4) is 0 Å². The van der Waals surface area contributed by atoms with Gasteiger partial charge in [-0.2, -0.15) is 0 Å². The number of benzene rings is 1. The monoisotopic (exact) mass is 233 g/mol. The Kier molecular flexibility index (Phi) is 3.54. The molecule has 2 rings (SSSR count). The van der Waals surface area contributed by atoms with Gasteiger partial charge in [0.1, 0.15) is 0 Å². The maximum Gasteiger partial charge on any atom is 0.227 e. The van der Waals surface area contributed by atoms with Crippen LogP contribution in [0.3, 0.4) is 0 Å². The van der Waals surface area contributed by atoms with Crippen molar-refractivity contribution in [2.45, 2.75) is 6.92 Å². The van der Waals surface area contributed by atoms with E-state index in [0.717, 1.165) is 24.3 Å². The Morgan fingerprint density at radius 3 is 2.71 bits per heavy atom. The summed E-state index contributed by atoms with van der Waals surface area (Å²) in [5.74, 6) is -0.463. The lowest BCUT2D eigenvalue weighted by molar-refractivity contribution is -0.104. The molecule has 0 bridgehead atoms. The number of carbonyl (C=O) groups is 2. The molecular formula is C13H15NO3. The van der Waals surface area contributed by atoms with Crippen molar-refractivity contribution in [3.05, 3.63) is 29.3 Å². The van der Waals surface area contributed by atoms with Crippen molar-refractivity contribution in [3.63, 3.8) is 0 Å². The topological polar surface area (TPSA) is 46.6 Å². The minimum atomic E-state index is -0.463. The Morgan fingerprint density at radius 2 is 2.06 bits per heavy atom. The number of aryl methyl sites for hydroxylation is 1. The number of ketones is 1. The lowest BCUT2D eigenvalue weighted by atomic mass is 10.0. The molecule has 1 aromatic carbocycles. The summed E-state index contributed by atoms with van der Waals surface area (Å²) in [5.41, 5.74) is 2.30. The molecule has 0 amide bonds. The second kappa shape index (κ2) is 5.10. The van der Waals surface area contributed by atoms with Crippen LogP contribution in [0.1, 0.15) is 15.9 Å². The minimum Gasteiger partial charge on any atom is -0.378 e. The van der Waals surface area contributed by atoms with Gasteiger partial charge >= 0.3 is 0 Å². The molecule has 0 spiro atoms. The lowest BCUT2D eigenvalue weighted by Gasteiger charge is -2.30. The highest BCUT2D eigenvalue weighted by Crippen LogP contribution is 2.23. The third-order valence-corrected chi connectivity index (χ3v) is 2.88. The first-order valence-electron chi connectivity index (χ1n) is 5.65. The van der Waals surface area contributed by atoms with Gasteiger partial charge in [0.05, 0.1) is 13.2 Å². The van der Waals surface area contributed by atoms with Gasteiger partial charge in [0.2, 0.25) is 5.78 Å². The molecule has 0 aromatic heterocycles. The zero-order valence-corrected chi connectivity index (χ0v) is 9.81. The fourth-order valence-corrected chi connectivity index (χ4v) is 1.99. The number of anilines is 1. The van der Waals surface area contributed by atoms with Crippen LogP contribution < -0.4 is 4.90 Å². The largest absolute Gasteiger partial charge is 0.378 e. The fourth-order valence-electron chi connectivity index (χ4n) is 1.99. The number of carbonyl (C=O) groups excluding carboxylic acids is 2. The summed E-state index contributed by atoms with van der Waals surface area (Å²) in [4.78, 5) is 24.3. The van der Waals surface area contributed by atoms with Gasteiger partial charge < -0.3 is 9.64 Å². The maximum atomic E-state index is 11.6. The summed E-state index contributed by atoms with van der Waals surface area (Å²) in [6, 6.07) is 5.62. The average molecular weight is 233 g/mol. The minimum absolute atomic E-state index is 0.374. The lowest BCUT2D eigenvalue weighted by Crippen LogP contribution is -2.37. The summed E-state index contributed by atoms with van der Waals surface area (Å²) in [5, 5.41) is 0. The summed E-state index contributed by atoms with van der Waals surface area (Å²) in [7, 11) is 0. The fraction of sp³-hybridized carbons (Fsp3) is 0.385. The second-order valence-corrected chi connectivity index (χ2v) is 4.10. The zero-order valence-electron chi connectivity index (χ0n) is 9.81. The van der Waals surface area contributed by atoms with Crippen LogP contribution in [0.2, 0.25) is 0 Å². The van der Waals surface area contributed by atoms with Gasteiger partial charge in [0.25, 0.3) is 0 Å². The van der Waals surface area contributed by atoms with E-state index in [9.17, 15) is 9.59 Å². The molecule has 1 fully saturated rings. The average Bonchev–Trinajstić information content (AvgIpc) is 2.38. The van der Waals surface area contributed by atoms with Crippen molar-refractivity contribution < 1.29 is 14.3 Å². The molecule has 1 aromatic rings. The van der Waals surface area contributed by atoms with E-state index in [-0.39, 0.29) is 0 Å². The van der Waals surface area contributed by atoms with Crippen molar-refractivity contribution in [1.29, 1.82) is 0 Å². The molecule has 0 saturated carbocycles. The van der Waals surface area contributed by atoms with Crippen LogP contribution in [0, 0.1) is 6.92 Å². The third kappa shape index (κ3) is 2.53. The van der Waals surface area contributed by atoms with Crippen LogP contribution in [0.15, 0.2) is 18.2 Å². The molecule has 0 N–H and O–H groups in total. The van der Waals surface area contributed by atoms with Crippen LogP contribution in [-0.4, -0.2) is 38.4 Å². The molecule has 17 heavy (non-hydrogen) atoms. The predicted molar refractivity (Wildman–Crippen MR) is 64.6 cm³/mol. The zero-order chi connectivity index (χ0) is 12.3. The Morgan fingerprint density at radius 1 is 1.35 bits per heavy atom. The molecule has 1 aliphatic heterocycles. The quantitative estimate of drug-likeness (QED) is 0.447. The molecule has 4 heteroatoms. The summed E-state index contributed by atoms with van der Waals surface area (Å²) < 4.78 is 5.28. The van der Waals surface area contributed by atoms with Gasteiger partial charge in [0.15, 0.2) is 6.29 Å². The maximum absolute atomic E-state index is 11.6. The van der Waals surface area contributed by atoms with Gasteiger partial charge in [-0.15, -0.1) is 0 Å². The van der Waals surface area contributed by atoms with E-state index < -0.39 is 5.78 Å². The highest BCUT2D eigenvalue weighted by molar-refractivity contribution is 6.34. The summed E-state index contributed by atoms with van der Waals surface area (Å²) >= 11 is 0. The van der Waals surface area contributed by atoms with E-state index in [1.807, 2.05) is 19.1 Å². The number of ether oxygens (including phenoxy) is 1. The van der Waals surface area contributed by atoms with Gasteiger partial charge in [-0.05, 0) is 19.1 Å². The molecule has 1 aliphatic rings. The van der Waals surface area contributed by atoms with Crippen LogP contribution in [0.25, 0.3) is 0 Å². The Balaban J connectivity index is 2.37. The SMILES string of the molecule is Cc1ccc(N2CCOCC2)c(C(=O)C=O)c1. The van der Waals surface area contributed by atoms with Crippen LogP contribution in [0.4, 0.5) is 5.69 Å².